The van der Waals surface area contributed by atoms with Crippen LogP contribution < -0.4 is 10.1 Å². The van der Waals surface area contributed by atoms with Crippen molar-refractivity contribution in [3.63, 3.8) is 0 Å². The van der Waals surface area contributed by atoms with Crippen molar-refractivity contribution in [3.8, 4) is 11.4 Å². The molecule has 1 N–H and O–H groups in total. The lowest BCUT2D eigenvalue weighted by Gasteiger charge is -2.09. The van der Waals surface area contributed by atoms with E-state index in [1.54, 1.807) is 35.1 Å². The van der Waals surface area contributed by atoms with Crippen molar-refractivity contribution in [2.24, 2.45) is 0 Å². The van der Waals surface area contributed by atoms with Gasteiger partial charge in [0.25, 0.3) is 5.91 Å². The van der Waals surface area contributed by atoms with Gasteiger partial charge in [-0.05, 0) is 66.7 Å². The van der Waals surface area contributed by atoms with Crippen LogP contribution in [-0.4, -0.2) is 20.7 Å². The first-order valence-electron chi connectivity index (χ1n) is 10.2. The lowest BCUT2D eigenvalue weighted by molar-refractivity contribution is 0.102. The number of pyridine rings is 1. The van der Waals surface area contributed by atoms with E-state index in [9.17, 15) is 4.79 Å². The van der Waals surface area contributed by atoms with Gasteiger partial charge in [-0.3, -0.25) is 4.79 Å². The molecule has 32 heavy (non-hydrogen) atoms. The van der Waals surface area contributed by atoms with E-state index < -0.39 is 0 Å². The maximum absolute atomic E-state index is 12.6. The summed E-state index contributed by atoms with van der Waals surface area (Å²) in [4.78, 5) is 17.2. The number of carbonyl (C=O) groups is 1. The molecule has 2 aromatic heterocycles. The van der Waals surface area contributed by atoms with Crippen LogP contribution in [0, 0.1) is 0 Å². The molecule has 0 fully saturated rings. The van der Waals surface area contributed by atoms with Crippen molar-refractivity contribution < 1.29 is 9.53 Å². The standard InChI is InChI=1S/C26H20N4O2/c31-26(29-21-10-12-23(13-11-21)30-17-3-16-27-30)20-7-14-24(15-8-20)32-18-22-9-6-19-4-1-2-5-25(19)28-22/h1-17H,18H2,(H,29,31). The van der Waals surface area contributed by atoms with Crippen LogP contribution in [0.25, 0.3) is 16.6 Å². The smallest absolute Gasteiger partial charge is 0.255 e. The highest BCUT2D eigenvalue weighted by Gasteiger charge is 2.07. The van der Waals surface area contributed by atoms with E-state index in [0.717, 1.165) is 22.3 Å². The number of amides is 1. The maximum atomic E-state index is 12.6. The zero-order chi connectivity index (χ0) is 21.8. The molecular weight excluding hydrogens is 400 g/mol. The molecule has 156 valence electrons. The normalized spacial score (nSPS) is 10.8. The highest BCUT2D eigenvalue weighted by molar-refractivity contribution is 6.04. The molecule has 3 aromatic carbocycles. The molecular formula is C26H20N4O2. The Kier molecular flexibility index (Phi) is 5.32. The minimum absolute atomic E-state index is 0.181. The number of para-hydroxylation sites is 1. The van der Waals surface area contributed by atoms with E-state index >= 15 is 0 Å². The highest BCUT2D eigenvalue weighted by atomic mass is 16.5. The average Bonchev–Trinajstić information content (AvgIpc) is 3.38. The summed E-state index contributed by atoms with van der Waals surface area (Å²) in [6, 6.07) is 28.4. The lowest BCUT2D eigenvalue weighted by Crippen LogP contribution is -2.11. The van der Waals surface area contributed by atoms with Crippen LogP contribution >= 0.6 is 0 Å². The second-order valence-corrected chi connectivity index (χ2v) is 7.26. The average molecular weight is 420 g/mol. The van der Waals surface area contributed by atoms with Gasteiger partial charge in [0.05, 0.1) is 16.9 Å². The molecule has 2 heterocycles. The number of rotatable bonds is 6. The third-order valence-electron chi connectivity index (χ3n) is 5.05. The molecule has 5 rings (SSSR count). The third-order valence-corrected chi connectivity index (χ3v) is 5.05. The van der Waals surface area contributed by atoms with Gasteiger partial charge in [-0.25, -0.2) is 9.67 Å². The van der Waals surface area contributed by atoms with Crippen LogP contribution in [0.3, 0.4) is 0 Å². The largest absolute Gasteiger partial charge is 0.487 e. The Morgan fingerprint density at radius 3 is 2.47 bits per heavy atom. The number of hydrogen-bond donors (Lipinski definition) is 1. The summed E-state index contributed by atoms with van der Waals surface area (Å²) in [5.41, 5.74) is 3.99. The summed E-state index contributed by atoms with van der Waals surface area (Å²) in [5, 5.41) is 8.20. The molecule has 1 amide bonds. The quantitative estimate of drug-likeness (QED) is 0.407. The van der Waals surface area contributed by atoms with Gasteiger partial charge in [0.1, 0.15) is 12.4 Å². The first-order valence-corrected chi connectivity index (χ1v) is 10.2. The number of ether oxygens (including phenoxy) is 1. The van der Waals surface area contributed by atoms with Gasteiger partial charge in [0, 0.05) is 29.0 Å². The van der Waals surface area contributed by atoms with E-state index in [2.05, 4.69) is 15.4 Å². The van der Waals surface area contributed by atoms with Gasteiger partial charge in [-0.2, -0.15) is 5.10 Å². The van der Waals surface area contributed by atoms with E-state index in [1.165, 1.54) is 0 Å². The Morgan fingerprint density at radius 1 is 0.875 bits per heavy atom. The van der Waals surface area contributed by atoms with Gasteiger partial charge in [-0.15, -0.1) is 0 Å². The van der Waals surface area contributed by atoms with Crippen LogP contribution in [0.2, 0.25) is 0 Å². The van der Waals surface area contributed by atoms with Crippen molar-refractivity contribution in [2.75, 3.05) is 5.32 Å². The fourth-order valence-corrected chi connectivity index (χ4v) is 3.37. The minimum Gasteiger partial charge on any atom is -0.487 e. The molecule has 5 aromatic rings. The number of hydrogen-bond acceptors (Lipinski definition) is 4. The van der Waals surface area contributed by atoms with Crippen LogP contribution in [0.15, 0.2) is 103 Å². The molecule has 6 heteroatoms. The van der Waals surface area contributed by atoms with Crippen molar-refractivity contribution in [2.45, 2.75) is 6.61 Å². The summed E-state index contributed by atoms with van der Waals surface area (Å²) < 4.78 is 7.60. The minimum atomic E-state index is -0.181. The third kappa shape index (κ3) is 4.34. The summed E-state index contributed by atoms with van der Waals surface area (Å²) in [7, 11) is 0. The van der Waals surface area contributed by atoms with Gasteiger partial charge in [-0.1, -0.05) is 24.3 Å². The predicted octanol–water partition coefficient (Wildman–Crippen LogP) is 5.25. The van der Waals surface area contributed by atoms with Crippen LogP contribution in [0.1, 0.15) is 16.1 Å². The fourth-order valence-electron chi connectivity index (χ4n) is 3.37. The molecule has 0 saturated carbocycles. The first kappa shape index (κ1) is 19.5. The predicted molar refractivity (Wildman–Crippen MR) is 124 cm³/mol. The molecule has 0 aliphatic heterocycles. The number of nitrogens with zero attached hydrogens (tertiary/aromatic N) is 3. The Hall–Kier alpha value is -4.45. The lowest BCUT2D eigenvalue weighted by atomic mass is 10.2. The van der Waals surface area contributed by atoms with Gasteiger partial charge >= 0.3 is 0 Å². The number of fused-ring (bicyclic) bond motifs is 1. The van der Waals surface area contributed by atoms with Gasteiger partial charge < -0.3 is 10.1 Å². The second-order valence-electron chi connectivity index (χ2n) is 7.26. The van der Waals surface area contributed by atoms with Crippen molar-refractivity contribution in [1.82, 2.24) is 14.8 Å². The summed E-state index contributed by atoms with van der Waals surface area (Å²) in [6.45, 7) is 0.360. The monoisotopic (exact) mass is 420 g/mol. The summed E-state index contributed by atoms with van der Waals surface area (Å²) in [5.74, 6) is 0.500. The molecule has 0 unspecified atom stereocenters. The topological polar surface area (TPSA) is 69.0 Å². The van der Waals surface area contributed by atoms with Crippen molar-refractivity contribution in [3.05, 3.63) is 115 Å². The van der Waals surface area contributed by atoms with Crippen molar-refractivity contribution in [1.29, 1.82) is 0 Å². The molecule has 6 nitrogen and oxygen atoms in total. The SMILES string of the molecule is O=C(Nc1ccc(-n2cccn2)cc1)c1ccc(OCc2ccc3ccccc3n2)cc1. The Labute approximate surface area is 185 Å². The molecule has 0 aliphatic carbocycles. The highest BCUT2D eigenvalue weighted by Crippen LogP contribution is 2.18. The molecule has 0 spiro atoms. The zero-order valence-corrected chi connectivity index (χ0v) is 17.2. The van der Waals surface area contributed by atoms with E-state index in [-0.39, 0.29) is 5.91 Å². The second kappa shape index (κ2) is 8.73. The van der Waals surface area contributed by atoms with Crippen LogP contribution in [0.4, 0.5) is 5.69 Å². The van der Waals surface area contributed by atoms with E-state index in [0.29, 0.717) is 23.6 Å². The molecule has 0 aliphatic rings. The summed E-state index contributed by atoms with van der Waals surface area (Å²) in [6.07, 6.45) is 3.59. The van der Waals surface area contributed by atoms with Crippen molar-refractivity contribution >= 4 is 22.5 Å². The number of aromatic nitrogens is 3. The number of benzene rings is 3. The summed E-state index contributed by atoms with van der Waals surface area (Å²) >= 11 is 0. The number of nitrogens with one attached hydrogen (secondary N) is 1. The number of anilines is 1. The Bertz CT molecular complexity index is 1350. The first-order chi connectivity index (χ1) is 15.7. The van der Waals surface area contributed by atoms with Crippen LogP contribution in [-0.2, 0) is 6.61 Å². The Morgan fingerprint density at radius 2 is 1.69 bits per heavy atom. The molecule has 0 saturated heterocycles. The van der Waals surface area contributed by atoms with Gasteiger partial charge in [0.2, 0.25) is 0 Å². The fraction of sp³-hybridized carbons (Fsp3) is 0.0385. The number of carbonyl (C=O) groups excluding carboxylic acids is 1. The van der Waals surface area contributed by atoms with Crippen LogP contribution in [0.5, 0.6) is 5.75 Å². The maximum Gasteiger partial charge on any atom is 0.255 e. The van der Waals surface area contributed by atoms with Gasteiger partial charge in [0.15, 0.2) is 0 Å². The zero-order valence-electron chi connectivity index (χ0n) is 17.2. The molecule has 0 radical (unpaired) electrons. The molecule has 0 bridgehead atoms. The van der Waals surface area contributed by atoms with E-state index in [1.807, 2.05) is 72.9 Å². The molecule has 0 atom stereocenters. The Balaban J connectivity index is 1.19. The van der Waals surface area contributed by atoms with E-state index in [4.69, 9.17) is 4.74 Å².